The number of rotatable bonds is 5. The second-order valence-electron chi connectivity index (χ2n) is 6.16. The predicted octanol–water partition coefficient (Wildman–Crippen LogP) is 1.12. The molecule has 1 aliphatic carbocycles. The largest absolute Gasteiger partial charge is 0.396 e. The van der Waals surface area contributed by atoms with E-state index < -0.39 is 5.82 Å². The summed E-state index contributed by atoms with van der Waals surface area (Å²) in [5, 5.41) is 21.6. The lowest BCUT2D eigenvalue weighted by molar-refractivity contribution is 0.0935. The number of imidazole rings is 1. The van der Waals surface area contributed by atoms with E-state index in [4.69, 9.17) is 0 Å². The number of amides is 1. The Morgan fingerprint density at radius 3 is 2.58 bits per heavy atom. The molecule has 1 aromatic carbocycles. The maximum atomic E-state index is 13.6. The maximum Gasteiger partial charge on any atom is 0.253 e. The van der Waals surface area contributed by atoms with Gasteiger partial charge in [0.15, 0.2) is 0 Å². The Balaban J connectivity index is 1.80. The van der Waals surface area contributed by atoms with Crippen LogP contribution in [0.3, 0.4) is 0 Å². The smallest absolute Gasteiger partial charge is 0.253 e. The van der Waals surface area contributed by atoms with Crippen LogP contribution in [0.25, 0.3) is 5.69 Å². The number of aliphatic hydroxyl groups is 2. The lowest BCUT2D eigenvalue weighted by atomic mass is 9.98. The number of nitrogens with zero attached hydrogens (tertiary/aromatic N) is 2. The van der Waals surface area contributed by atoms with Crippen molar-refractivity contribution < 1.29 is 19.4 Å². The SMILES string of the molecule is O=C(NC1CC(CO)C(CO)C1)c1cc(F)ccc1-n1ccnc1. The minimum absolute atomic E-state index is 0.0160. The van der Waals surface area contributed by atoms with Gasteiger partial charge in [-0.2, -0.15) is 0 Å². The number of benzene rings is 1. The highest BCUT2D eigenvalue weighted by Crippen LogP contribution is 2.31. The van der Waals surface area contributed by atoms with Gasteiger partial charge in [-0.1, -0.05) is 0 Å². The van der Waals surface area contributed by atoms with Gasteiger partial charge in [0.1, 0.15) is 5.82 Å². The quantitative estimate of drug-likeness (QED) is 0.765. The highest BCUT2D eigenvalue weighted by molar-refractivity contribution is 5.98. The van der Waals surface area contributed by atoms with E-state index in [1.54, 1.807) is 23.3 Å². The van der Waals surface area contributed by atoms with Gasteiger partial charge in [0.25, 0.3) is 5.91 Å². The van der Waals surface area contributed by atoms with E-state index in [0.29, 0.717) is 18.5 Å². The third kappa shape index (κ3) is 3.32. The van der Waals surface area contributed by atoms with Gasteiger partial charge in [0.2, 0.25) is 0 Å². The number of hydrogen-bond acceptors (Lipinski definition) is 4. The van der Waals surface area contributed by atoms with Crippen LogP contribution in [0.2, 0.25) is 0 Å². The standard InChI is InChI=1S/C17H20FN3O3/c18-13-1-2-16(21-4-3-19-10-21)15(7-13)17(24)20-14-5-11(8-22)12(6-14)9-23/h1-4,7,10-12,14,22-23H,5-6,8-9H2,(H,20,24). The minimum atomic E-state index is -0.489. The van der Waals surface area contributed by atoms with E-state index in [0.717, 1.165) is 0 Å². The van der Waals surface area contributed by atoms with Crippen LogP contribution in [0.1, 0.15) is 23.2 Å². The summed E-state index contributed by atoms with van der Waals surface area (Å²) >= 11 is 0. The monoisotopic (exact) mass is 333 g/mol. The highest BCUT2D eigenvalue weighted by Gasteiger charge is 2.34. The Kier molecular flexibility index (Phi) is 4.92. The molecule has 1 amide bonds. The number of aromatic nitrogens is 2. The molecular formula is C17H20FN3O3. The van der Waals surface area contributed by atoms with Crippen LogP contribution in [0.15, 0.2) is 36.9 Å². The van der Waals surface area contributed by atoms with E-state index in [1.165, 1.54) is 18.2 Å². The van der Waals surface area contributed by atoms with E-state index in [1.807, 2.05) is 0 Å². The van der Waals surface area contributed by atoms with Crippen LogP contribution < -0.4 is 5.32 Å². The van der Waals surface area contributed by atoms with Gasteiger partial charge in [0.05, 0.1) is 17.6 Å². The third-order valence-corrected chi connectivity index (χ3v) is 4.63. The van der Waals surface area contributed by atoms with Crippen molar-refractivity contribution in [2.75, 3.05) is 13.2 Å². The first-order valence-corrected chi connectivity index (χ1v) is 7.92. The molecule has 2 atom stereocenters. The first-order chi connectivity index (χ1) is 11.6. The lowest BCUT2D eigenvalue weighted by Gasteiger charge is -2.15. The Morgan fingerprint density at radius 1 is 1.29 bits per heavy atom. The zero-order valence-electron chi connectivity index (χ0n) is 13.1. The van der Waals surface area contributed by atoms with Gasteiger partial charge in [-0.15, -0.1) is 0 Å². The van der Waals surface area contributed by atoms with Gasteiger partial charge < -0.3 is 20.1 Å². The number of aliphatic hydroxyl groups excluding tert-OH is 2. The summed E-state index contributed by atoms with van der Waals surface area (Å²) < 4.78 is 15.3. The topological polar surface area (TPSA) is 87.4 Å². The van der Waals surface area contributed by atoms with Gasteiger partial charge in [-0.3, -0.25) is 4.79 Å². The zero-order chi connectivity index (χ0) is 17.1. The molecule has 0 aliphatic heterocycles. The number of halogens is 1. The fraction of sp³-hybridized carbons (Fsp3) is 0.412. The van der Waals surface area contributed by atoms with Gasteiger partial charge in [-0.25, -0.2) is 9.37 Å². The molecule has 1 aromatic heterocycles. The van der Waals surface area contributed by atoms with E-state index >= 15 is 0 Å². The fourth-order valence-electron chi connectivity index (χ4n) is 3.36. The van der Waals surface area contributed by atoms with E-state index in [-0.39, 0.29) is 42.6 Å². The summed E-state index contributed by atoms with van der Waals surface area (Å²) in [5.74, 6) is -0.919. The summed E-state index contributed by atoms with van der Waals surface area (Å²) in [5.41, 5.74) is 0.766. The van der Waals surface area contributed by atoms with Crippen molar-refractivity contribution >= 4 is 5.91 Å². The Labute approximate surface area is 139 Å². The second kappa shape index (κ2) is 7.11. The molecule has 1 fully saturated rings. The molecule has 3 N–H and O–H groups in total. The van der Waals surface area contributed by atoms with Gasteiger partial charge in [0, 0.05) is 31.6 Å². The Morgan fingerprint density at radius 2 is 2.00 bits per heavy atom. The molecule has 3 rings (SSSR count). The fourth-order valence-corrected chi connectivity index (χ4v) is 3.36. The van der Waals surface area contributed by atoms with Crippen LogP contribution in [0.4, 0.5) is 4.39 Å². The van der Waals surface area contributed by atoms with Crippen LogP contribution in [0.5, 0.6) is 0 Å². The molecule has 2 unspecified atom stereocenters. The normalized spacial score (nSPS) is 23.4. The van der Waals surface area contributed by atoms with Crippen molar-refractivity contribution in [3.8, 4) is 5.69 Å². The molecule has 1 aliphatic rings. The molecule has 0 spiro atoms. The van der Waals surface area contributed by atoms with Crippen molar-refractivity contribution in [1.29, 1.82) is 0 Å². The molecular weight excluding hydrogens is 313 g/mol. The molecule has 24 heavy (non-hydrogen) atoms. The summed E-state index contributed by atoms with van der Waals surface area (Å²) in [6.07, 6.45) is 6.01. The van der Waals surface area contributed by atoms with Crippen LogP contribution >= 0.6 is 0 Å². The van der Waals surface area contributed by atoms with Crippen LogP contribution in [0, 0.1) is 17.7 Å². The Bertz CT molecular complexity index is 693. The zero-order valence-corrected chi connectivity index (χ0v) is 13.1. The number of carbonyl (C=O) groups is 1. The first-order valence-electron chi connectivity index (χ1n) is 7.92. The molecule has 0 radical (unpaired) electrons. The van der Waals surface area contributed by atoms with Crippen LogP contribution in [-0.2, 0) is 0 Å². The first kappa shape index (κ1) is 16.6. The summed E-state index contributed by atoms with van der Waals surface area (Å²) in [7, 11) is 0. The molecule has 1 heterocycles. The lowest BCUT2D eigenvalue weighted by Crippen LogP contribution is -2.34. The van der Waals surface area contributed by atoms with Crippen LogP contribution in [-0.4, -0.2) is 44.9 Å². The third-order valence-electron chi connectivity index (χ3n) is 4.63. The molecule has 2 aromatic rings. The Hall–Kier alpha value is -2.25. The van der Waals surface area contributed by atoms with Crippen molar-refractivity contribution in [2.45, 2.75) is 18.9 Å². The summed E-state index contributed by atoms with van der Waals surface area (Å²) in [4.78, 5) is 16.6. The molecule has 0 bridgehead atoms. The molecule has 7 heteroatoms. The molecule has 6 nitrogen and oxygen atoms in total. The van der Waals surface area contributed by atoms with E-state index in [2.05, 4.69) is 10.3 Å². The summed E-state index contributed by atoms with van der Waals surface area (Å²) in [6, 6.07) is 3.89. The molecule has 1 saturated carbocycles. The minimum Gasteiger partial charge on any atom is -0.396 e. The number of hydrogen-bond donors (Lipinski definition) is 3. The number of nitrogens with one attached hydrogen (secondary N) is 1. The molecule has 128 valence electrons. The maximum absolute atomic E-state index is 13.6. The van der Waals surface area contributed by atoms with Crippen molar-refractivity contribution in [2.24, 2.45) is 11.8 Å². The van der Waals surface area contributed by atoms with Crippen molar-refractivity contribution in [3.05, 3.63) is 48.3 Å². The van der Waals surface area contributed by atoms with Gasteiger partial charge in [-0.05, 0) is 42.9 Å². The van der Waals surface area contributed by atoms with Crippen molar-refractivity contribution in [3.63, 3.8) is 0 Å². The second-order valence-corrected chi connectivity index (χ2v) is 6.16. The van der Waals surface area contributed by atoms with Crippen molar-refractivity contribution in [1.82, 2.24) is 14.9 Å². The predicted molar refractivity (Wildman–Crippen MR) is 85.2 cm³/mol. The van der Waals surface area contributed by atoms with Gasteiger partial charge >= 0.3 is 0 Å². The average Bonchev–Trinajstić information content (AvgIpc) is 3.23. The molecule has 0 saturated heterocycles. The average molecular weight is 333 g/mol. The van der Waals surface area contributed by atoms with E-state index in [9.17, 15) is 19.4 Å². The highest BCUT2D eigenvalue weighted by atomic mass is 19.1. The number of carbonyl (C=O) groups excluding carboxylic acids is 1. The summed E-state index contributed by atoms with van der Waals surface area (Å²) in [6.45, 7) is -0.0320.